The van der Waals surface area contributed by atoms with Crippen LogP contribution in [0.15, 0.2) is 23.1 Å². The van der Waals surface area contributed by atoms with Gasteiger partial charge in [-0.3, -0.25) is 10.1 Å². The van der Waals surface area contributed by atoms with E-state index in [2.05, 4.69) is 15.5 Å². The molecule has 1 aromatic heterocycles. The second-order valence-corrected chi connectivity index (χ2v) is 9.46. The topological polar surface area (TPSA) is 101 Å². The number of aromatic nitrogens is 2. The number of carbonyl (C=O) groups excluding carboxylic acids is 1. The van der Waals surface area contributed by atoms with Gasteiger partial charge in [-0.05, 0) is 37.5 Å². The highest BCUT2D eigenvalue weighted by atomic mass is 32.2. The molecule has 8 nitrogen and oxygen atoms in total. The number of rotatable bonds is 6. The van der Waals surface area contributed by atoms with Crippen molar-refractivity contribution in [3.05, 3.63) is 28.8 Å². The maximum absolute atomic E-state index is 13.2. The second kappa shape index (κ2) is 8.97. The molecule has 1 fully saturated rings. The van der Waals surface area contributed by atoms with E-state index in [9.17, 15) is 13.2 Å². The molecule has 28 heavy (non-hydrogen) atoms. The van der Waals surface area contributed by atoms with Crippen molar-refractivity contribution in [2.24, 2.45) is 0 Å². The van der Waals surface area contributed by atoms with Crippen molar-refractivity contribution in [1.82, 2.24) is 14.5 Å². The SMILES string of the molecule is CCc1nnc(NC(=O)c2ccc(OC)c(S(=O)(=O)N3CCCCCC3)c2)s1. The highest BCUT2D eigenvalue weighted by Gasteiger charge is 2.29. The number of ether oxygens (including phenoxy) is 1. The molecule has 152 valence electrons. The Morgan fingerprint density at radius 1 is 1.21 bits per heavy atom. The molecule has 0 spiro atoms. The summed E-state index contributed by atoms with van der Waals surface area (Å²) in [7, 11) is -2.33. The third-order valence-electron chi connectivity index (χ3n) is 4.60. The van der Waals surface area contributed by atoms with Gasteiger partial charge in [0.15, 0.2) is 0 Å². The minimum Gasteiger partial charge on any atom is -0.495 e. The zero-order valence-electron chi connectivity index (χ0n) is 16.0. The van der Waals surface area contributed by atoms with Crippen LogP contribution in [0, 0.1) is 0 Å². The van der Waals surface area contributed by atoms with Crippen LogP contribution in [0.3, 0.4) is 0 Å². The van der Waals surface area contributed by atoms with E-state index >= 15 is 0 Å². The van der Waals surface area contributed by atoms with Gasteiger partial charge in [0.05, 0.1) is 7.11 Å². The number of aryl methyl sites for hydroxylation is 1. The largest absolute Gasteiger partial charge is 0.495 e. The fraction of sp³-hybridized carbons (Fsp3) is 0.500. The molecule has 2 heterocycles. The Hall–Kier alpha value is -2.04. The van der Waals surface area contributed by atoms with E-state index < -0.39 is 15.9 Å². The van der Waals surface area contributed by atoms with Gasteiger partial charge in [-0.2, -0.15) is 4.31 Å². The van der Waals surface area contributed by atoms with Crippen molar-refractivity contribution in [2.75, 3.05) is 25.5 Å². The lowest BCUT2D eigenvalue weighted by Crippen LogP contribution is -2.32. The van der Waals surface area contributed by atoms with Crippen LogP contribution in [0.5, 0.6) is 5.75 Å². The Morgan fingerprint density at radius 3 is 2.54 bits per heavy atom. The van der Waals surface area contributed by atoms with Crippen molar-refractivity contribution < 1.29 is 17.9 Å². The zero-order chi connectivity index (χ0) is 20.1. The third kappa shape index (κ3) is 4.50. The van der Waals surface area contributed by atoms with E-state index in [4.69, 9.17) is 4.74 Å². The summed E-state index contributed by atoms with van der Waals surface area (Å²) in [5.74, 6) is -0.209. The van der Waals surface area contributed by atoms with Crippen LogP contribution in [0.4, 0.5) is 5.13 Å². The highest BCUT2D eigenvalue weighted by molar-refractivity contribution is 7.89. The number of anilines is 1. The number of nitrogens with zero attached hydrogens (tertiary/aromatic N) is 3. The summed E-state index contributed by atoms with van der Waals surface area (Å²) in [5.41, 5.74) is 0.224. The second-order valence-electron chi connectivity index (χ2n) is 6.49. The molecule has 0 unspecified atom stereocenters. The van der Waals surface area contributed by atoms with Gasteiger partial charge in [0.2, 0.25) is 15.2 Å². The number of amides is 1. The molecule has 1 N–H and O–H groups in total. The van der Waals surface area contributed by atoms with Gasteiger partial charge in [0, 0.05) is 18.7 Å². The molecule has 1 aromatic carbocycles. The predicted octanol–water partition coefficient (Wildman–Crippen LogP) is 2.93. The van der Waals surface area contributed by atoms with Crippen LogP contribution in [0.2, 0.25) is 0 Å². The van der Waals surface area contributed by atoms with E-state index in [1.54, 1.807) is 0 Å². The first-order valence-corrected chi connectivity index (χ1v) is 11.5. The lowest BCUT2D eigenvalue weighted by atomic mass is 10.2. The molecule has 0 radical (unpaired) electrons. The molecule has 1 amide bonds. The zero-order valence-corrected chi connectivity index (χ0v) is 17.6. The van der Waals surface area contributed by atoms with Crippen molar-refractivity contribution in [2.45, 2.75) is 43.9 Å². The highest BCUT2D eigenvalue weighted by Crippen LogP contribution is 2.30. The van der Waals surface area contributed by atoms with Crippen molar-refractivity contribution >= 4 is 32.4 Å². The molecule has 3 rings (SSSR count). The summed E-state index contributed by atoms with van der Waals surface area (Å²) in [6, 6.07) is 4.42. The number of nitrogens with one attached hydrogen (secondary N) is 1. The van der Waals surface area contributed by atoms with Crippen LogP contribution >= 0.6 is 11.3 Å². The summed E-state index contributed by atoms with van der Waals surface area (Å²) in [4.78, 5) is 12.6. The molecule has 2 aromatic rings. The molecule has 0 aliphatic carbocycles. The van der Waals surface area contributed by atoms with Gasteiger partial charge in [0.1, 0.15) is 15.7 Å². The number of carbonyl (C=O) groups is 1. The average molecular weight is 425 g/mol. The lowest BCUT2D eigenvalue weighted by molar-refractivity contribution is 0.102. The standard InChI is InChI=1S/C18H24N4O4S2/c1-3-16-20-21-18(27-16)19-17(23)13-8-9-14(26-2)15(12-13)28(24,25)22-10-6-4-5-7-11-22/h8-9,12H,3-7,10-11H2,1-2H3,(H,19,21,23). The minimum absolute atomic E-state index is 0.0102. The van der Waals surface area contributed by atoms with Crippen molar-refractivity contribution in [3.63, 3.8) is 0 Å². The van der Waals surface area contributed by atoms with Crippen LogP contribution in [-0.4, -0.2) is 49.0 Å². The first kappa shape index (κ1) is 20.7. The van der Waals surface area contributed by atoms with Crippen molar-refractivity contribution in [3.8, 4) is 5.75 Å². The molecule has 0 saturated carbocycles. The van der Waals surface area contributed by atoms with E-state index in [0.717, 1.165) is 37.1 Å². The quantitative estimate of drug-likeness (QED) is 0.765. The van der Waals surface area contributed by atoms with Crippen LogP contribution in [0.1, 0.15) is 48.0 Å². The summed E-state index contributed by atoms with van der Waals surface area (Å²) in [5, 5.41) is 11.8. The van der Waals surface area contributed by atoms with Gasteiger partial charge >= 0.3 is 0 Å². The van der Waals surface area contributed by atoms with Crippen molar-refractivity contribution in [1.29, 1.82) is 0 Å². The Kier molecular flexibility index (Phi) is 6.63. The van der Waals surface area contributed by atoms with E-state index in [1.807, 2.05) is 6.92 Å². The van der Waals surface area contributed by atoms with Gasteiger partial charge < -0.3 is 4.74 Å². The number of benzene rings is 1. The van der Waals surface area contributed by atoms with Crippen LogP contribution in [-0.2, 0) is 16.4 Å². The average Bonchev–Trinajstić information content (AvgIpc) is 2.97. The summed E-state index contributed by atoms with van der Waals surface area (Å²) in [6.07, 6.45) is 4.44. The molecular weight excluding hydrogens is 400 g/mol. The first-order chi connectivity index (χ1) is 13.5. The molecular formula is C18H24N4O4S2. The summed E-state index contributed by atoms with van der Waals surface area (Å²) < 4.78 is 33.1. The van der Waals surface area contributed by atoms with Gasteiger partial charge in [-0.15, -0.1) is 10.2 Å². The monoisotopic (exact) mass is 424 g/mol. The Labute approximate surface area is 169 Å². The number of hydrogen-bond donors (Lipinski definition) is 1. The third-order valence-corrected chi connectivity index (χ3v) is 7.50. The van der Waals surface area contributed by atoms with Crippen LogP contribution < -0.4 is 10.1 Å². The minimum atomic E-state index is -3.75. The molecule has 0 atom stereocenters. The van der Waals surface area contributed by atoms with Crippen LogP contribution in [0.25, 0.3) is 0 Å². The molecule has 10 heteroatoms. The van der Waals surface area contributed by atoms with E-state index in [0.29, 0.717) is 18.2 Å². The number of methoxy groups -OCH3 is 1. The summed E-state index contributed by atoms with van der Waals surface area (Å²) >= 11 is 1.29. The first-order valence-electron chi connectivity index (χ1n) is 9.27. The maximum atomic E-state index is 13.2. The summed E-state index contributed by atoms with van der Waals surface area (Å²) in [6.45, 7) is 2.91. The normalized spacial score (nSPS) is 15.8. The molecule has 1 saturated heterocycles. The molecule has 0 bridgehead atoms. The molecule has 1 aliphatic heterocycles. The Bertz CT molecular complexity index is 935. The predicted molar refractivity (Wildman–Crippen MR) is 107 cm³/mol. The van der Waals surface area contributed by atoms with E-state index in [-0.39, 0.29) is 16.2 Å². The fourth-order valence-electron chi connectivity index (χ4n) is 3.06. The maximum Gasteiger partial charge on any atom is 0.257 e. The fourth-order valence-corrected chi connectivity index (χ4v) is 5.43. The smallest absolute Gasteiger partial charge is 0.257 e. The Morgan fingerprint density at radius 2 is 1.93 bits per heavy atom. The number of sulfonamides is 1. The Balaban J connectivity index is 1.89. The number of hydrogen-bond acceptors (Lipinski definition) is 7. The van der Waals surface area contributed by atoms with Gasteiger partial charge in [0.25, 0.3) is 5.91 Å². The molecule has 1 aliphatic rings. The lowest BCUT2D eigenvalue weighted by Gasteiger charge is -2.21. The van der Waals surface area contributed by atoms with E-state index in [1.165, 1.54) is 41.0 Å². The van der Waals surface area contributed by atoms with Gasteiger partial charge in [-0.25, -0.2) is 8.42 Å². The van der Waals surface area contributed by atoms with Gasteiger partial charge in [-0.1, -0.05) is 31.1 Å².